The SMILES string of the molecule is Cc1ccc(OC2CCC(=CC(=O)O)CC2)cc1C. The van der Waals surface area contributed by atoms with E-state index in [2.05, 4.69) is 26.0 Å². The second kappa shape index (κ2) is 5.91. The molecule has 0 aliphatic heterocycles. The van der Waals surface area contributed by atoms with E-state index in [-0.39, 0.29) is 6.10 Å². The maximum atomic E-state index is 10.6. The Morgan fingerprint density at radius 2 is 1.95 bits per heavy atom. The van der Waals surface area contributed by atoms with E-state index in [9.17, 15) is 4.79 Å². The molecule has 0 unspecified atom stereocenters. The molecule has 1 aliphatic carbocycles. The number of ether oxygens (including phenoxy) is 1. The minimum absolute atomic E-state index is 0.202. The van der Waals surface area contributed by atoms with Gasteiger partial charge in [-0.15, -0.1) is 0 Å². The fraction of sp³-hybridized carbons (Fsp3) is 0.438. The Kier molecular flexibility index (Phi) is 4.25. The summed E-state index contributed by atoms with van der Waals surface area (Å²) < 4.78 is 5.97. The maximum absolute atomic E-state index is 10.6. The van der Waals surface area contributed by atoms with E-state index >= 15 is 0 Å². The van der Waals surface area contributed by atoms with Gasteiger partial charge >= 0.3 is 5.97 Å². The monoisotopic (exact) mass is 260 g/mol. The average Bonchev–Trinajstić information content (AvgIpc) is 2.36. The number of hydrogen-bond donors (Lipinski definition) is 1. The zero-order valence-corrected chi connectivity index (χ0v) is 11.5. The first kappa shape index (κ1) is 13.7. The van der Waals surface area contributed by atoms with Gasteiger partial charge in [0.2, 0.25) is 0 Å². The van der Waals surface area contributed by atoms with Crippen molar-refractivity contribution in [3.8, 4) is 5.75 Å². The Labute approximate surface area is 113 Å². The number of allylic oxidation sites excluding steroid dienone is 1. The van der Waals surface area contributed by atoms with Crippen LogP contribution in [-0.4, -0.2) is 17.2 Å². The summed E-state index contributed by atoms with van der Waals surface area (Å²) in [6.07, 6.45) is 4.97. The van der Waals surface area contributed by atoms with Crippen molar-refractivity contribution in [3.63, 3.8) is 0 Å². The second-order valence-corrected chi connectivity index (χ2v) is 5.20. The lowest BCUT2D eigenvalue weighted by molar-refractivity contribution is -0.131. The van der Waals surface area contributed by atoms with E-state index < -0.39 is 5.97 Å². The van der Waals surface area contributed by atoms with Gasteiger partial charge in [-0.1, -0.05) is 11.6 Å². The molecule has 1 aromatic carbocycles. The highest BCUT2D eigenvalue weighted by Crippen LogP contribution is 2.27. The molecule has 1 N–H and O–H groups in total. The highest BCUT2D eigenvalue weighted by molar-refractivity contribution is 5.80. The first-order valence-corrected chi connectivity index (χ1v) is 6.71. The van der Waals surface area contributed by atoms with Crippen LogP contribution in [0.15, 0.2) is 29.8 Å². The van der Waals surface area contributed by atoms with E-state index in [0.29, 0.717) is 0 Å². The van der Waals surface area contributed by atoms with Crippen LogP contribution >= 0.6 is 0 Å². The molecule has 19 heavy (non-hydrogen) atoms. The summed E-state index contributed by atoms with van der Waals surface area (Å²) in [6.45, 7) is 4.17. The number of carboxylic acids is 1. The van der Waals surface area contributed by atoms with Gasteiger partial charge in [-0.05, 0) is 62.8 Å². The van der Waals surface area contributed by atoms with Crippen LogP contribution in [-0.2, 0) is 4.79 Å². The summed E-state index contributed by atoms with van der Waals surface area (Å²) in [5.74, 6) is 0.0716. The fourth-order valence-corrected chi connectivity index (χ4v) is 2.38. The largest absolute Gasteiger partial charge is 0.490 e. The number of rotatable bonds is 3. The molecule has 3 heteroatoms. The molecule has 2 rings (SSSR count). The molecule has 1 saturated carbocycles. The molecule has 102 valence electrons. The first-order valence-electron chi connectivity index (χ1n) is 6.71. The number of hydrogen-bond acceptors (Lipinski definition) is 2. The van der Waals surface area contributed by atoms with Crippen LogP contribution in [0.4, 0.5) is 0 Å². The van der Waals surface area contributed by atoms with Crippen molar-refractivity contribution in [2.75, 3.05) is 0 Å². The van der Waals surface area contributed by atoms with Crippen LogP contribution in [0.3, 0.4) is 0 Å². The Hall–Kier alpha value is -1.77. The van der Waals surface area contributed by atoms with Crippen LogP contribution in [0.5, 0.6) is 5.75 Å². The van der Waals surface area contributed by atoms with Gasteiger partial charge in [0.05, 0.1) is 6.10 Å². The predicted octanol–water partition coefficient (Wildman–Crippen LogP) is 3.64. The molecular formula is C16H20O3. The lowest BCUT2D eigenvalue weighted by Crippen LogP contribution is -2.21. The normalized spacial score (nSPS) is 19.1. The van der Waals surface area contributed by atoms with E-state index in [0.717, 1.165) is 37.0 Å². The van der Waals surface area contributed by atoms with Gasteiger partial charge in [0.1, 0.15) is 5.75 Å². The van der Waals surface area contributed by atoms with Crippen LogP contribution in [0.25, 0.3) is 0 Å². The van der Waals surface area contributed by atoms with Crippen LogP contribution in [0.2, 0.25) is 0 Å². The fourth-order valence-electron chi connectivity index (χ4n) is 2.38. The molecule has 0 saturated heterocycles. The summed E-state index contributed by atoms with van der Waals surface area (Å²) in [5, 5.41) is 8.72. The lowest BCUT2D eigenvalue weighted by atomic mass is 9.92. The molecule has 1 fully saturated rings. The van der Waals surface area contributed by atoms with Gasteiger partial charge in [0.15, 0.2) is 0 Å². The molecule has 0 amide bonds. The number of benzene rings is 1. The first-order chi connectivity index (χ1) is 9.04. The Morgan fingerprint density at radius 3 is 2.53 bits per heavy atom. The molecule has 0 radical (unpaired) electrons. The number of aryl methyl sites for hydroxylation is 2. The topological polar surface area (TPSA) is 46.5 Å². The van der Waals surface area contributed by atoms with Crippen molar-refractivity contribution in [3.05, 3.63) is 41.0 Å². The summed E-state index contributed by atoms with van der Waals surface area (Å²) in [5.41, 5.74) is 3.52. The summed E-state index contributed by atoms with van der Waals surface area (Å²) >= 11 is 0. The predicted molar refractivity (Wildman–Crippen MR) is 74.5 cm³/mol. The van der Waals surface area contributed by atoms with Gasteiger partial charge in [0.25, 0.3) is 0 Å². The van der Waals surface area contributed by atoms with Crippen molar-refractivity contribution in [2.45, 2.75) is 45.6 Å². The van der Waals surface area contributed by atoms with Crippen molar-refractivity contribution < 1.29 is 14.6 Å². The lowest BCUT2D eigenvalue weighted by Gasteiger charge is -2.25. The van der Waals surface area contributed by atoms with Gasteiger partial charge in [0, 0.05) is 6.08 Å². The zero-order valence-electron chi connectivity index (χ0n) is 11.5. The van der Waals surface area contributed by atoms with Crippen molar-refractivity contribution in [1.82, 2.24) is 0 Å². The molecule has 0 atom stereocenters. The summed E-state index contributed by atoms with van der Waals surface area (Å²) in [7, 11) is 0. The molecule has 1 aromatic rings. The Bertz CT molecular complexity index is 493. The molecule has 0 aromatic heterocycles. The zero-order chi connectivity index (χ0) is 13.8. The summed E-state index contributed by atoms with van der Waals surface area (Å²) in [6, 6.07) is 6.14. The van der Waals surface area contributed by atoms with Gasteiger partial charge in [-0.3, -0.25) is 0 Å². The van der Waals surface area contributed by atoms with E-state index in [1.807, 2.05) is 6.07 Å². The Morgan fingerprint density at radius 1 is 1.26 bits per heavy atom. The number of carbonyl (C=O) groups is 1. The van der Waals surface area contributed by atoms with Gasteiger partial charge in [-0.2, -0.15) is 0 Å². The van der Waals surface area contributed by atoms with Crippen molar-refractivity contribution in [1.29, 1.82) is 0 Å². The third-order valence-electron chi connectivity index (χ3n) is 3.68. The van der Waals surface area contributed by atoms with Crippen LogP contribution in [0.1, 0.15) is 36.8 Å². The molecule has 1 aliphatic rings. The molecule has 0 heterocycles. The number of aliphatic carboxylic acids is 1. The third-order valence-corrected chi connectivity index (χ3v) is 3.68. The van der Waals surface area contributed by atoms with Crippen LogP contribution in [0, 0.1) is 13.8 Å². The molecule has 3 nitrogen and oxygen atoms in total. The van der Waals surface area contributed by atoms with E-state index in [4.69, 9.17) is 9.84 Å². The van der Waals surface area contributed by atoms with E-state index in [1.165, 1.54) is 17.2 Å². The number of carboxylic acid groups (broad SMARTS) is 1. The van der Waals surface area contributed by atoms with Crippen LogP contribution < -0.4 is 4.74 Å². The molecule has 0 spiro atoms. The smallest absolute Gasteiger partial charge is 0.328 e. The van der Waals surface area contributed by atoms with E-state index in [1.54, 1.807) is 0 Å². The van der Waals surface area contributed by atoms with Gasteiger partial charge in [-0.25, -0.2) is 4.79 Å². The van der Waals surface area contributed by atoms with Gasteiger partial charge < -0.3 is 9.84 Å². The highest BCUT2D eigenvalue weighted by Gasteiger charge is 2.18. The maximum Gasteiger partial charge on any atom is 0.328 e. The minimum Gasteiger partial charge on any atom is -0.490 e. The standard InChI is InChI=1S/C16H20O3/c1-11-3-6-15(9-12(11)2)19-14-7-4-13(5-8-14)10-16(17)18/h3,6,9-10,14H,4-5,7-8H2,1-2H3,(H,17,18). The minimum atomic E-state index is -0.844. The quantitative estimate of drug-likeness (QED) is 0.844. The molecular weight excluding hydrogens is 240 g/mol. The second-order valence-electron chi connectivity index (χ2n) is 5.20. The van der Waals surface area contributed by atoms with Crippen molar-refractivity contribution >= 4 is 5.97 Å². The Balaban J connectivity index is 1.92. The third kappa shape index (κ3) is 3.85. The van der Waals surface area contributed by atoms with Crippen molar-refractivity contribution in [2.24, 2.45) is 0 Å². The molecule has 0 bridgehead atoms. The summed E-state index contributed by atoms with van der Waals surface area (Å²) in [4.78, 5) is 10.6. The average molecular weight is 260 g/mol. The highest BCUT2D eigenvalue weighted by atomic mass is 16.5.